The van der Waals surface area contributed by atoms with Crippen LogP contribution in [0.2, 0.25) is 5.02 Å². The molecule has 0 aliphatic carbocycles. The van der Waals surface area contributed by atoms with Crippen LogP contribution >= 0.6 is 23.2 Å². The first-order valence-corrected chi connectivity index (χ1v) is 6.97. The minimum Gasteiger partial charge on any atom is -0.356 e. The highest BCUT2D eigenvalue weighted by atomic mass is 35.5. The zero-order valence-corrected chi connectivity index (χ0v) is 11.8. The molecule has 1 saturated heterocycles. The Bertz CT molecular complexity index is 385. The van der Waals surface area contributed by atoms with Gasteiger partial charge in [-0.2, -0.15) is 0 Å². The van der Waals surface area contributed by atoms with Gasteiger partial charge in [0.15, 0.2) is 0 Å². The zero-order valence-electron chi connectivity index (χ0n) is 10.3. The summed E-state index contributed by atoms with van der Waals surface area (Å²) in [4.78, 5) is 6.88. The van der Waals surface area contributed by atoms with Gasteiger partial charge in [-0.3, -0.25) is 0 Å². The number of rotatable bonds is 2. The highest BCUT2D eigenvalue weighted by Crippen LogP contribution is 2.27. The van der Waals surface area contributed by atoms with E-state index in [1.165, 1.54) is 6.42 Å². The van der Waals surface area contributed by atoms with Crippen molar-refractivity contribution in [1.82, 2.24) is 4.98 Å². The molecule has 4 heteroatoms. The smallest absolute Gasteiger partial charge is 0.128 e. The average molecular weight is 273 g/mol. The third kappa shape index (κ3) is 3.05. The van der Waals surface area contributed by atoms with Crippen molar-refractivity contribution in [2.75, 3.05) is 18.0 Å². The van der Waals surface area contributed by atoms with Crippen LogP contribution in [0.15, 0.2) is 12.1 Å². The molecule has 0 N–H and O–H groups in total. The lowest BCUT2D eigenvalue weighted by atomic mass is 9.92. The van der Waals surface area contributed by atoms with E-state index >= 15 is 0 Å². The molecule has 1 fully saturated rings. The number of hydrogen-bond donors (Lipinski definition) is 0. The maximum Gasteiger partial charge on any atom is 0.128 e. The van der Waals surface area contributed by atoms with Gasteiger partial charge < -0.3 is 4.90 Å². The predicted molar refractivity (Wildman–Crippen MR) is 74.0 cm³/mol. The molecule has 94 valence electrons. The quantitative estimate of drug-likeness (QED) is 0.758. The second kappa shape index (κ2) is 5.45. The highest BCUT2D eigenvalue weighted by molar-refractivity contribution is 6.32. The monoisotopic (exact) mass is 272 g/mol. The van der Waals surface area contributed by atoms with E-state index in [0.29, 0.717) is 10.9 Å². The summed E-state index contributed by atoms with van der Waals surface area (Å²) < 4.78 is 0. The van der Waals surface area contributed by atoms with Crippen molar-refractivity contribution < 1.29 is 0 Å². The van der Waals surface area contributed by atoms with Gasteiger partial charge in [0.2, 0.25) is 0 Å². The number of aromatic nitrogens is 1. The van der Waals surface area contributed by atoms with E-state index in [1.807, 2.05) is 12.1 Å². The number of nitrogens with zero attached hydrogens (tertiary/aromatic N) is 2. The molecule has 2 unspecified atom stereocenters. The molecule has 0 radical (unpaired) electrons. The molecule has 1 aromatic rings. The summed E-state index contributed by atoms with van der Waals surface area (Å²) in [5, 5.41) is 0.654. The van der Waals surface area contributed by atoms with Crippen molar-refractivity contribution in [1.29, 1.82) is 0 Å². The molecule has 1 aromatic heterocycles. The summed E-state index contributed by atoms with van der Waals surface area (Å²) in [6.45, 7) is 6.73. The minimum absolute atomic E-state index is 0.367. The van der Waals surface area contributed by atoms with E-state index in [1.54, 1.807) is 0 Å². The van der Waals surface area contributed by atoms with Crippen molar-refractivity contribution in [2.24, 2.45) is 11.8 Å². The van der Waals surface area contributed by atoms with E-state index in [2.05, 4.69) is 23.7 Å². The number of pyridine rings is 1. The normalized spacial score (nSPS) is 25.1. The summed E-state index contributed by atoms with van der Waals surface area (Å²) in [5.74, 6) is 2.81. The predicted octanol–water partition coefficient (Wildman–Crippen LogP) is 3.96. The van der Waals surface area contributed by atoms with E-state index < -0.39 is 0 Å². The van der Waals surface area contributed by atoms with Crippen LogP contribution in [0.25, 0.3) is 0 Å². The van der Waals surface area contributed by atoms with Crippen molar-refractivity contribution in [3.8, 4) is 0 Å². The lowest BCUT2D eigenvalue weighted by Gasteiger charge is -2.36. The summed E-state index contributed by atoms with van der Waals surface area (Å²) in [6, 6.07) is 3.88. The standard InChI is InChI=1S/C13H18Cl2N2/c1-9-5-10(2)8-17(7-9)13-4-3-11(15)12(6-14)16-13/h3-4,9-10H,5-8H2,1-2H3. The van der Waals surface area contributed by atoms with Crippen LogP contribution in [0, 0.1) is 11.8 Å². The first-order valence-electron chi connectivity index (χ1n) is 6.06. The SMILES string of the molecule is CC1CC(C)CN(c2ccc(Cl)c(CCl)n2)C1. The first kappa shape index (κ1) is 13.0. The molecular weight excluding hydrogens is 255 g/mol. The second-order valence-electron chi connectivity index (χ2n) is 5.08. The minimum atomic E-state index is 0.367. The molecule has 2 nitrogen and oxygen atoms in total. The molecule has 2 atom stereocenters. The summed E-state index contributed by atoms with van der Waals surface area (Å²) in [7, 11) is 0. The van der Waals surface area contributed by atoms with Gasteiger partial charge in [0.25, 0.3) is 0 Å². The van der Waals surface area contributed by atoms with Crippen molar-refractivity contribution in [2.45, 2.75) is 26.1 Å². The third-order valence-electron chi connectivity index (χ3n) is 3.22. The molecule has 1 aliphatic rings. The molecule has 0 aromatic carbocycles. The average Bonchev–Trinajstić information content (AvgIpc) is 2.28. The first-order chi connectivity index (χ1) is 8.10. The zero-order chi connectivity index (χ0) is 12.4. The van der Waals surface area contributed by atoms with E-state index in [9.17, 15) is 0 Å². The number of halogens is 2. The van der Waals surface area contributed by atoms with Crippen LogP contribution in [0.5, 0.6) is 0 Å². The highest BCUT2D eigenvalue weighted by Gasteiger charge is 2.23. The summed E-state index contributed by atoms with van der Waals surface area (Å²) in [6.07, 6.45) is 1.30. The lowest BCUT2D eigenvalue weighted by Crippen LogP contribution is -2.39. The van der Waals surface area contributed by atoms with Gasteiger partial charge in [0.1, 0.15) is 5.82 Å². The Balaban J connectivity index is 2.21. The maximum absolute atomic E-state index is 6.03. The fraction of sp³-hybridized carbons (Fsp3) is 0.615. The third-order valence-corrected chi connectivity index (χ3v) is 3.82. The van der Waals surface area contributed by atoms with Crippen LogP contribution in [-0.4, -0.2) is 18.1 Å². The van der Waals surface area contributed by atoms with Gasteiger partial charge in [-0.25, -0.2) is 4.98 Å². The van der Waals surface area contributed by atoms with Gasteiger partial charge in [-0.1, -0.05) is 25.4 Å². The molecule has 0 spiro atoms. The van der Waals surface area contributed by atoms with Crippen molar-refractivity contribution >= 4 is 29.0 Å². The second-order valence-corrected chi connectivity index (χ2v) is 5.76. The molecule has 0 bridgehead atoms. The van der Waals surface area contributed by atoms with Gasteiger partial charge in [-0.05, 0) is 30.4 Å². The molecule has 0 amide bonds. The molecule has 2 rings (SSSR count). The fourth-order valence-corrected chi connectivity index (χ4v) is 3.04. The number of piperidine rings is 1. The van der Waals surface area contributed by atoms with Gasteiger partial charge >= 0.3 is 0 Å². The van der Waals surface area contributed by atoms with Crippen LogP contribution in [0.4, 0.5) is 5.82 Å². The molecule has 17 heavy (non-hydrogen) atoms. The summed E-state index contributed by atoms with van der Waals surface area (Å²) in [5.41, 5.74) is 0.775. The maximum atomic E-state index is 6.03. The van der Waals surface area contributed by atoms with E-state index in [-0.39, 0.29) is 0 Å². The summed E-state index contributed by atoms with van der Waals surface area (Å²) >= 11 is 11.9. The van der Waals surface area contributed by atoms with Crippen LogP contribution in [-0.2, 0) is 5.88 Å². The Morgan fingerprint density at radius 3 is 2.53 bits per heavy atom. The van der Waals surface area contributed by atoms with Crippen molar-refractivity contribution in [3.63, 3.8) is 0 Å². The van der Waals surface area contributed by atoms with Crippen LogP contribution in [0.3, 0.4) is 0 Å². The van der Waals surface area contributed by atoms with E-state index in [4.69, 9.17) is 23.2 Å². The Kier molecular flexibility index (Phi) is 4.16. The number of hydrogen-bond acceptors (Lipinski definition) is 2. The van der Waals surface area contributed by atoms with Crippen molar-refractivity contribution in [3.05, 3.63) is 22.8 Å². The molecule has 2 heterocycles. The Hall–Kier alpha value is -0.470. The Morgan fingerprint density at radius 1 is 1.29 bits per heavy atom. The number of anilines is 1. The fourth-order valence-electron chi connectivity index (χ4n) is 2.59. The largest absolute Gasteiger partial charge is 0.356 e. The van der Waals surface area contributed by atoms with Gasteiger partial charge in [-0.15, -0.1) is 11.6 Å². The van der Waals surface area contributed by atoms with Gasteiger partial charge in [0.05, 0.1) is 16.6 Å². The Morgan fingerprint density at radius 2 is 1.94 bits per heavy atom. The Labute approximate surface area is 113 Å². The van der Waals surface area contributed by atoms with E-state index in [0.717, 1.165) is 36.4 Å². The topological polar surface area (TPSA) is 16.1 Å². The van der Waals surface area contributed by atoms with Crippen LogP contribution in [0.1, 0.15) is 26.0 Å². The van der Waals surface area contributed by atoms with Crippen LogP contribution < -0.4 is 4.90 Å². The van der Waals surface area contributed by atoms with Gasteiger partial charge in [0, 0.05) is 13.1 Å². The number of alkyl halides is 1. The molecule has 1 aliphatic heterocycles. The lowest BCUT2D eigenvalue weighted by molar-refractivity contribution is 0.355. The molecule has 0 saturated carbocycles. The molecular formula is C13H18Cl2N2.